The highest BCUT2D eigenvalue weighted by atomic mass is 16.7. The van der Waals surface area contributed by atoms with Crippen molar-refractivity contribution in [2.75, 3.05) is 13.9 Å². The number of phenols is 1. The lowest BCUT2D eigenvalue weighted by Gasteiger charge is -2.28. The number of hydrogen-bond donors (Lipinski definition) is 1. The maximum Gasteiger partial charge on any atom is 0.146 e. The average molecular weight is 280 g/mol. The fourth-order valence-electron chi connectivity index (χ4n) is 2.16. The van der Waals surface area contributed by atoms with Crippen molar-refractivity contribution in [3.05, 3.63) is 28.8 Å². The van der Waals surface area contributed by atoms with Crippen molar-refractivity contribution in [1.29, 1.82) is 0 Å². The number of hydrogen-bond acceptors (Lipinski definition) is 3. The number of methoxy groups -OCH3 is 1. The largest absolute Gasteiger partial charge is 0.507 e. The molecule has 0 aliphatic heterocycles. The van der Waals surface area contributed by atoms with Crippen LogP contribution in [0.1, 0.15) is 58.2 Å². The second-order valence-corrected chi connectivity index (χ2v) is 7.29. The summed E-state index contributed by atoms with van der Waals surface area (Å²) in [6.07, 6.45) is 0. The van der Waals surface area contributed by atoms with Crippen LogP contribution in [0, 0.1) is 0 Å². The topological polar surface area (TPSA) is 38.7 Å². The maximum atomic E-state index is 10.6. The molecular weight excluding hydrogens is 252 g/mol. The lowest BCUT2D eigenvalue weighted by Crippen LogP contribution is -2.18. The third-order valence-electron chi connectivity index (χ3n) is 3.26. The van der Waals surface area contributed by atoms with Crippen molar-refractivity contribution in [3.8, 4) is 5.75 Å². The normalized spacial score (nSPS) is 12.8. The molecule has 0 spiro atoms. The molecule has 0 aliphatic carbocycles. The molecule has 0 saturated heterocycles. The minimum Gasteiger partial charge on any atom is -0.507 e. The Kier molecular flexibility index (Phi) is 5.22. The minimum absolute atomic E-state index is 0.110. The molecule has 0 atom stereocenters. The lowest BCUT2D eigenvalue weighted by molar-refractivity contribution is -0.0391. The Hall–Kier alpha value is -1.06. The van der Waals surface area contributed by atoms with Crippen molar-refractivity contribution in [2.24, 2.45) is 0 Å². The van der Waals surface area contributed by atoms with Crippen LogP contribution >= 0.6 is 0 Å². The third kappa shape index (κ3) is 4.22. The van der Waals surface area contributed by atoms with Gasteiger partial charge in [0, 0.05) is 7.11 Å². The van der Waals surface area contributed by atoms with Crippen molar-refractivity contribution < 1.29 is 14.6 Å². The van der Waals surface area contributed by atoms with Gasteiger partial charge in [-0.3, -0.25) is 0 Å². The molecule has 0 fully saturated rings. The van der Waals surface area contributed by atoms with Crippen LogP contribution in [-0.4, -0.2) is 19.0 Å². The average Bonchev–Trinajstić information content (AvgIpc) is 2.28. The van der Waals surface area contributed by atoms with Crippen molar-refractivity contribution >= 4 is 0 Å². The van der Waals surface area contributed by atoms with Gasteiger partial charge in [-0.2, -0.15) is 0 Å². The van der Waals surface area contributed by atoms with E-state index in [9.17, 15) is 5.11 Å². The van der Waals surface area contributed by atoms with Crippen LogP contribution in [-0.2, 0) is 26.9 Å². The summed E-state index contributed by atoms with van der Waals surface area (Å²) in [4.78, 5) is 0. The van der Waals surface area contributed by atoms with E-state index in [1.807, 2.05) is 12.1 Å². The van der Waals surface area contributed by atoms with Crippen LogP contribution in [0.25, 0.3) is 0 Å². The SMILES string of the molecule is COCOCc1cc(C(C)(C)C)c(O)c(C(C)(C)C)c1. The molecular formula is C17H28O3. The molecule has 1 rings (SSSR count). The van der Waals surface area contributed by atoms with Gasteiger partial charge in [-0.15, -0.1) is 0 Å². The van der Waals surface area contributed by atoms with Gasteiger partial charge in [0.1, 0.15) is 12.5 Å². The van der Waals surface area contributed by atoms with Gasteiger partial charge in [0.15, 0.2) is 0 Å². The molecule has 1 N–H and O–H groups in total. The van der Waals surface area contributed by atoms with Crippen LogP contribution in [0.3, 0.4) is 0 Å². The summed E-state index contributed by atoms with van der Waals surface area (Å²) in [5.74, 6) is 0.403. The summed E-state index contributed by atoms with van der Waals surface area (Å²) in [6, 6.07) is 4.06. The molecule has 0 aromatic heterocycles. The second kappa shape index (κ2) is 6.15. The molecule has 0 heterocycles. The van der Waals surface area contributed by atoms with Gasteiger partial charge in [-0.25, -0.2) is 0 Å². The Labute approximate surface area is 122 Å². The number of benzene rings is 1. The second-order valence-electron chi connectivity index (χ2n) is 7.29. The van der Waals surface area contributed by atoms with E-state index in [0.29, 0.717) is 12.4 Å². The lowest BCUT2D eigenvalue weighted by atomic mass is 9.78. The van der Waals surface area contributed by atoms with Gasteiger partial charge in [-0.05, 0) is 39.7 Å². The first kappa shape index (κ1) is 17.0. The minimum atomic E-state index is -0.110. The van der Waals surface area contributed by atoms with E-state index in [1.165, 1.54) is 0 Å². The van der Waals surface area contributed by atoms with E-state index in [0.717, 1.165) is 16.7 Å². The monoisotopic (exact) mass is 280 g/mol. The Morgan fingerprint density at radius 2 is 1.40 bits per heavy atom. The molecule has 0 amide bonds. The highest BCUT2D eigenvalue weighted by Gasteiger charge is 2.26. The molecule has 1 aromatic carbocycles. The Morgan fingerprint density at radius 1 is 0.950 bits per heavy atom. The van der Waals surface area contributed by atoms with Gasteiger partial charge < -0.3 is 14.6 Å². The summed E-state index contributed by atoms with van der Waals surface area (Å²) in [7, 11) is 1.61. The van der Waals surface area contributed by atoms with Gasteiger partial charge >= 0.3 is 0 Å². The summed E-state index contributed by atoms with van der Waals surface area (Å²) in [5, 5.41) is 10.6. The highest BCUT2D eigenvalue weighted by Crippen LogP contribution is 2.39. The first-order valence-corrected chi connectivity index (χ1v) is 7.01. The molecule has 0 unspecified atom stereocenters. The van der Waals surface area contributed by atoms with Crippen LogP contribution in [0.15, 0.2) is 12.1 Å². The molecule has 0 bridgehead atoms. The number of rotatable bonds is 4. The third-order valence-corrected chi connectivity index (χ3v) is 3.26. The fraction of sp³-hybridized carbons (Fsp3) is 0.647. The van der Waals surface area contributed by atoms with E-state index in [4.69, 9.17) is 9.47 Å². The van der Waals surface area contributed by atoms with Crippen molar-refractivity contribution in [1.82, 2.24) is 0 Å². The van der Waals surface area contributed by atoms with Gasteiger partial charge in [0.2, 0.25) is 0 Å². The molecule has 3 heteroatoms. The zero-order chi connectivity index (χ0) is 15.6. The Morgan fingerprint density at radius 3 is 1.75 bits per heavy atom. The van der Waals surface area contributed by atoms with Crippen molar-refractivity contribution in [3.63, 3.8) is 0 Å². The van der Waals surface area contributed by atoms with E-state index >= 15 is 0 Å². The quantitative estimate of drug-likeness (QED) is 0.666. The van der Waals surface area contributed by atoms with E-state index < -0.39 is 0 Å². The molecule has 0 saturated carbocycles. The Balaban J connectivity index is 3.28. The van der Waals surface area contributed by atoms with Gasteiger partial charge in [0.05, 0.1) is 6.61 Å². The van der Waals surface area contributed by atoms with Crippen LogP contribution in [0.4, 0.5) is 0 Å². The van der Waals surface area contributed by atoms with E-state index in [-0.39, 0.29) is 17.6 Å². The summed E-state index contributed by atoms with van der Waals surface area (Å²) in [5.41, 5.74) is 2.76. The standard InChI is InChI=1S/C17H28O3/c1-16(2,3)13-8-12(10-20-11-19-7)9-14(15(13)18)17(4,5)6/h8-9,18H,10-11H2,1-7H3. The summed E-state index contributed by atoms with van der Waals surface area (Å²) < 4.78 is 10.4. The smallest absolute Gasteiger partial charge is 0.146 e. The van der Waals surface area contributed by atoms with E-state index in [1.54, 1.807) is 7.11 Å². The predicted octanol–water partition coefficient (Wildman–Crippen LogP) is 4.11. The molecule has 0 aliphatic rings. The predicted molar refractivity (Wildman–Crippen MR) is 82.2 cm³/mol. The summed E-state index contributed by atoms with van der Waals surface area (Å²) >= 11 is 0. The van der Waals surface area contributed by atoms with Crippen LogP contribution < -0.4 is 0 Å². The van der Waals surface area contributed by atoms with Gasteiger partial charge in [-0.1, -0.05) is 41.5 Å². The number of phenolic OH excluding ortho intramolecular Hbond substituents is 1. The van der Waals surface area contributed by atoms with Crippen LogP contribution in [0.5, 0.6) is 5.75 Å². The molecule has 20 heavy (non-hydrogen) atoms. The fourth-order valence-corrected chi connectivity index (χ4v) is 2.16. The Bertz CT molecular complexity index is 415. The van der Waals surface area contributed by atoms with Crippen molar-refractivity contribution in [2.45, 2.75) is 59.0 Å². The number of ether oxygens (including phenoxy) is 2. The molecule has 3 nitrogen and oxygen atoms in total. The maximum absolute atomic E-state index is 10.6. The van der Waals surface area contributed by atoms with Crippen LogP contribution in [0.2, 0.25) is 0 Å². The first-order chi connectivity index (χ1) is 9.07. The molecule has 0 radical (unpaired) electrons. The molecule has 1 aromatic rings. The zero-order valence-electron chi connectivity index (χ0n) is 13.8. The molecule has 114 valence electrons. The summed E-state index contributed by atoms with van der Waals surface area (Å²) in [6.45, 7) is 13.4. The first-order valence-electron chi connectivity index (χ1n) is 7.01. The number of aromatic hydroxyl groups is 1. The highest BCUT2D eigenvalue weighted by molar-refractivity contribution is 5.49. The zero-order valence-corrected chi connectivity index (χ0v) is 13.8. The van der Waals surface area contributed by atoms with Gasteiger partial charge in [0.25, 0.3) is 0 Å². The van der Waals surface area contributed by atoms with E-state index in [2.05, 4.69) is 41.5 Å².